The van der Waals surface area contributed by atoms with E-state index in [0.717, 1.165) is 31.5 Å². The van der Waals surface area contributed by atoms with Gasteiger partial charge in [0.25, 0.3) is 0 Å². The highest BCUT2D eigenvalue weighted by molar-refractivity contribution is 7.89. The summed E-state index contributed by atoms with van der Waals surface area (Å²) in [6.07, 6.45) is 6.83. The normalized spacial score (nSPS) is 15.1. The summed E-state index contributed by atoms with van der Waals surface area (Å²) in [5.74, 6) is 0.540. The molecule has 25 heavy (non-hydrogen) atoms. The number of hydrogen-bond donors (Lipinski definition) is 1. The Morgan fingerprint density at radius 1 is 1.16 bits per heavy atom. The Kier molecular flexibility index (Phi) is 5.35. The monoisotopic (exact) mass is 360 g/mol. The highest BCUT2D eigenvalue weighted by atomic mass is 32.2. The number of likely N-dealkylation sites (tertiary alicyclic amines) is 1. The summed E-state index contributed by atoms with van der Waals surface area (Å²) < 4.78 is 32.1. The fourth-order valence-corrected chi connectivity index (χ4v) is 3.62. The third-order valence-corrected chi connectivity index (χ3v) is 5.46. The van der Waals surface area contributed by atoms with Crippen LogP contribution in [0.2, 0.25) is 0 Å². The number of sulfonamides is 1. The number of benzene rings is 1. The summed E-state index contributed by atoms with van der Waals surface area (Å²) in [6, 6.07) is 9.79. The molecule has 0 saturated carbocycles. The van der Waals surface area contributed by atoms with Crippen molar-refractivity contribution in [2.45, 2.75) is 24.3 Å². The fourth-order valence-electron chi connectivity index (χ4n) is 2.63. The zero-order chi connectivity index (χ0) is 17.7. The predicted octanol–water partition coefficient (Wildman–Crippen LogP) is 2.39. The molecule has 2 aromatic rings. The maximum atomic E-state index is 12.2. The number of hydrogen-bond acceptors (Lipinski definition) is 4. The van der Waals surface area contributed by atoms with Crippen LogP contribution in [0.25, 0.3) is 6.08 Å². The van der Waals surface area contributed by atoms with Crippen LogP contribution < -0.4 is 4.72 Å². The van der Waals surface area contributed by atoms with E-state index >= 15 is 0 Å². The van der Waals surface area contributed by atoms with Gasteiger partial charge in [0.2, 0.25) is 15.9 Å². The Balaban J connectivity index is 1.61. The van der Waals surface area contributed by atoms with E-state index in [1.807, 2.05) is 4.90 Å². The largest absolute Gasteiger partial charge is 0.468 e. The van der Waals surface area contributed by atoms with E-state index in [0.29, 0.717) is 5.76 Å². The minimum atomic E-state index is -3.61. The fraction of sp³-hybridized carbons (Fsp3) is 0.278. The maximum absolute atomic E-state index is 12.2. The first-order valence-corrected chi connectivity index (χ1v) is 9.62. The zero-order valence-electron chi connectivity index (χ0n) is 13.7. The number of amides is 1. The van der Waals surface area contributed by atoms with Crippen molar-refractivity contribution >= 4 is 22.0 Å². The molecule has 1 N–H and O–H groups in total. The van der Waals surface area contributed by atoms with Gasteiger partial charge in [0.05, 0.1) is 17.7 Å². The SMILES string of the molecule is O=C(/C=C/c1ccc(S(=O)(=O)NCc2ccco2)cc1)N1CCCC1. The Bertz CT molecular complexity index is 834. The first-order chi connectivity index (χ1) is 12.0. The standard InChI is InChI=1S/C18H20N2O4S/c21-18(20-11-1-2-12-20)10-7-15-5-8-17(9-6-15)25(22,23)19-14-16-4-3-13-24-16/h3-10,13,19H,1-2,11-12,14H2/b10-7+. The van der Waals surface area contributed by atoms with Crippen molar-refractivity contribution in [1.29, 1.82) is 0 Å². The lowest BCUT2D eigenvalue weighted by atomic mass is 10.2. The minimum absolute atomic E-state index is 0.00527. The van der Waals surface area contributed by atoms with Crippen LogP contribution in [0.1, 0.15) is 24.2 Å². The van der Waals surface area contributed by atoms with Crippen LogP contribution in [-0.4, -0.2) is 32.3 Å². The second-order valence-electron chi connectivity index (χ2n) is 5.84. The van der Waals surface area contributed by atoms with Gasteiger partial charge in [-0.1, -0.05) is 12.1 Å². The second-order valence-corrected chi connectivity index (χ2v) is 7.61. The molecule has 7 heteroatoms. The van der Waals surface area contributed by atoms with E-state index in [9.17, 15) is 13.2 Å². The summed E-state index contributed by atoms with van der Waals surface area (Å²) in [6.45, 7) is 1.71. The van der Waals surface area contributed by atoms with Gasteiger partial charge < -0.3 is 9.32 Å². The van der Waals surface area contributed by atoms with Gasteiger partial charge in [0.15, 0.2) is 0 Å². The van der Waals surface area contributed by atoms with Crippen LogP contribution >= 0.6 is 0 Å². The van der Waals surface area contributed by atoms with Crippen LogP contribution in [-0.2, 0) is 21.4 Å². The molecule has 1 amide bonds. The summed E-state index contributed by atoms with van der Waals surface area (Å²) in [5, 5.41) is 0. The van der Waals surface area contributed by atoms with Crippen LogP contribution in [0, 0.1) is 0 Å². The van der Waals surface area contributed by atoms with E-state index < -0.39 is 10.0 Å². The molecule has 1 aliphatic rings. The lowest BCUT2D eigenvalue weighted by Gasteiger charge is -2.11. The number of nitrogens with one attached hydrogen (secondary N) is 1. The molecule has 1 fully saturated rings. The van der Waals surface area contributed by atoms with Crippen molar-refractivity contribution in [3.63, 3.8) is 0 Å². The van der Waals surface area contributed by atoms with Gasteiger partial charge in [0.1, 0.15) is 5.76 Å². The molecule has 1 aromatic heterocycles. The van der Waals surface area contributed by atoms with E-state index in [-0.39, 0.29) is 17.3 Å². The molecule has 0 atom stereocenters. The first-order valence-electron chi connectivity index (χ1n) is 8.14. The smallest absolute Gasteiger partial charge is 0.246 e. The Labute approximate surface area is 147 Å². The molecular formula is C18H20N2O4S. The molecule has 0 unspecified atom stereocenters. The highest BCUT2D eigenvalue weighted by Crippen LogP contribution is 2.13. The molecule has 0 spiro atoms. The van der Waals surface area contributed by atoms with E-state index in [1.54, 1.807) is 30.3 Å². The maximum Gasteiger partial charge on any atom is 0.246 e. The molecule has 6 nitrogen and oxygen atoms in total. The molecule has 1 aromatic carbocycles. The zero-order valence-corrected chi connectivity index (χ0v) is 14.5. The van der Waals surface area contributed by atoms with Crippen molar-refractivity contribution in [3.8, 4) is 0 Å². The number of nitrogens with zero attached hydrogens (tertiary/aromatic N) is 1. The Morgan fingerprint density at radius 3 is 2.52 bits per heavy atom. The van der Waals surface area contributed by atoms with Gasteiger partial charge in [-0.2, -0.15) is 0 Å². The van der Waals surface area contributed by atoms with Crippen LogP contribution in [0.4, 0.5) is 0 Å². The van der Waals surface area contributed by atoms with E-state index in [4.69, 9.17) is 4.42 Å². The van der Waals surface area contributed by atoms with Crippen molar-refractivity contribution in [2.75, 3.05) is 13.1 Å². The molecule has 2 heterocycles. The average molecular weight is 360 g/mol. The summed E-state index contributed by atoms with van der Waals surface area (Å²) in [7, 11) is -3.61. The molecule has 3 rings (SSSR count). The van der Waals surface area contributed by atoms with Gasteiger partial charge in [0, 0.05) is 19.2 Å². The van der Waals surface area contributed by atoms with E-state index in [2.05, 4.69) is 4.72 Å². The number of carbonyl (C=O) groups is 1. The van der Waals surface area contributed by atoms with Gasteiger partial charge in [-0.05, 0) is 48.7 Å². The molecule has 0 radical (unpaired) electrons. The van der Waals surface area contributed by atoms with Gasteiger partial charge in [-0.25, -0.2) is 13.1 Å². The van der Waals surface area contributed by atoms with Crippen LogP contribution in [0.3, 0.4) is 0 Å². The van der Waals surface area contributed by atoms with Crippen LogP contribution in [0.5, 0.6) is 0 Å². The van der Waals surface area contributed by atoms with E-state index in [1.165, 1.54) is 24.5 Å². The van der Waals surface area contributed by atoms with Gasteiger partial charge >= 0.3 is 0 Å². The van der Waals surface area contributed by atoms with Crippen molar-refractivity contribution < 1.29 is 17.6 Å². The number of carbonyl (C=O) groups excluding carboxylic acids is 1. The highest BCUT2D eigenvalue weighted by Gasteiger charge is 2.16. The summed E-state index contributed by atoms with van der Waals surface area (Å²) >= 11 is 0. The lowest BCUT2D eigenvalue weighted by Crippen LogP contribution is -2.25. The third kappa shape index (κ3) is 4.58. The predicted molar refractivity (Wildman–Crippen MR) is 94.0 cm³/mol. The molecule has 1 saturated heterocycles. The quantitative estimate of drug-likeness (QED) is 0.802. The van der Waals surface area contributed by atoms with Crippen molar-refractivity contribution in [3.05, 3.63) is 60.1 Å². The topological polar surface area (TPSA) is 79.6 Å². The number of furan rings is 1. The van der Waals surface area contributed by atoms with Crippen molar-refractivity contribution in [2.24, 2.45) is 0 Å². The second kappa shape index (κ2) is 7.67. The van der Waals surface area contributed by atoms with Gasteiger partial charge in [-0.3, -0.25) is 4.79 Å². The molecule has 0 aliphatic carbocycles. The Hall–Kier alpha value is -2.38. The van der Waals surface area contributed by atoms with Crippen molar-refractivity contribution in [1.82, 2.24) is 9.62 Å². The first kappa shape index (κ1) is 17.4. The minimum Gasteiger partial charge on any atom is -0.468 e. The third-order valence-electron chi connectivity index (χ3n) is 4.04. The average Bonchev–Trinajstić information content (AvgIpc) is 3.31. The molecule has 132 valence electrons. The number of rotatable bonds is 6. The van der Waals surface area contributed by atoms with Gasteiger partial charge in [-0.15, -0.1) is 0 Å². The van der Waals surface area contributed by atoms with Crippen LogP contribution in [0.15, 0.2) is 58.1 Å². The molecular weight excluding hydrogens is 340 g/mol. The molecule has 1 aliphatic heterocycles. The summed E-state index contributed by atoms with van der Waals surface area (Å²) in [4.78, 5) is 13.9. The molecule has 0 bridgehead atoms. The summed E-state index contributed by atoms with van der Waals surface area (Å²) in [5.41, 5.74) is 0.775. The lowest BCUT2D eigenvalue weighted by molar-refractivity contribution is -0.124. The Morgan fingerprint density at radius 2 is 1.88 bits per heavy atom.